The predicted molar refractivity (Wildman–Crippen MR) is 122 cm³/mol. The van der Waals surface area contributed by atoms with Crippen molar-refractivity contribution in [3.63, 3.8) is 0 Å². The highest BCUT2D eigenvalue weighted by atomic mass is 79.9. The van der Waals surface area contributed by atoms with Gasteiger partial charge in [0.25, 0.3) is 0 Å². The van der Waals surface area contributed by atoms with Crippen molar-refractivity contribution in [2.24, 2.45) is 5.92 Å². The second kappa shape index (κ2) is 7.30. The van der Waals surface area contributed by atoms with E-state index in [2.05, 4.69) is 66.1 Å². The molecular formula is C22H23BrN6. The molecule has 2 aliphatic rings. The first-order valence-electron chi connectivity index (χ1n) is 9.98. The maximum absolute atomic E-state index is 6.02. The Balaban J connectivity index is 1.29. The first-order chi connectivity index (χ1) is 14.1. The van der Waals surface area contributed by atoms with Gasteiger partial charge in [-0.1, -0.05) is 24.3 Å². The van der Waals surface area contributed by atoms with E-state index in [0.29, 0.717) is 23.6 Å². The summed E-state index contributed by atoms with van der Waals surface area (Å²) in [6, 6.07) is 8.85. The molecule has 0 amide bonds. The smallest absolute Gasteiger partial charge is 0.138 e. The van der Waals surface area contributed by atoms with Crippen molar-refractivity contribution in [2.45, 2.75) is 31.7 Å². The van der Waals surface area contributed by atoms with E-state index in [4.69, 9.17) is 11.5 Å². The molecule has 2 unspecified atom stereocenters. The van der Waals surface area contributed by atoms with Crippen LogP contribution in [0.2, 0.25) is 0 Å². The number of aromatic nitrogens is 3. The Morgan fingerprint density at radius 1 is 1.10 bits per heavy atom. The first-order valence-corrected chi connectivity index (χ1v) is 10.8. The van der Waals surface area contributed by atoms with Gasteiger partial charge < -0.3 is 16.4 Å². The summed E-state index contributed by atoms with van der Waals surface area (Å²) >= 11 is 3.44. The molecule has 5 rings (SSSR count). The summed E-state index contributed by atoms with van der Waals surface area (Å²) in [5, 5.41) is 1.08. The Morgan fingerprint density at radius 2 is 2.00 bits per heavy atom. The third-order valence-electron chi connectivity index (χ3n) is 6.10. The van der Waals surface area contributed by atoms with Gasteiger partial charge in [-0.25, -0.2) is 15.0 Å². The molecule has 7 heteroatoms. The molecule has 0 spiro atoms. The lowest BCUT2D eigenvalue weighted by atomic mass is 10.0. The molecule has 3 aromatic rings. The van der Waals surface area contributed by atoms with Gasteiger partial charge in [-0.05, 0) is 65.2 Å². The van der Waals surface area contributed by atoms with E-state index in [1.807, 2.05) is 6.07 Å². The molecule has 3 heterocycles. The molecule has 1 aromatic carbocycles. The quantitative estimate of drug-likeness (QED) is 0.620. The molecule has 0 saturated heterocycles. The Bertz CT molecular complexity index is 1110. The molecule has 148 valence electrons. The number of pyridine rings is 1. The van der Waals surface area contributed by atoms with Crippen LogP contribution in [-0.2, 0) is 6.42 Å². The number of allylic oxidation sites excluding steroid dienone is 1. The van der Waals surface area contributed by atoms with Crippen LogP contribution in [0, 0.1) is 5.92 Å². The van der Waals surface area contributed by atoms with Crippen molar-refractivity contribution in [3.05, 3.63) is 52.3 Å². The highest BCUT2D eigenvalue weighted by Crippen LogP contribution is 2.38. The maximum Gasteiger partial charge on any atom is 0.138 e. The van der Waals surface area contributed by atoms with Gasteiger partial charge in [0.15, 0.2) is 0 Å². The number of nitrogens with zero attached hydrogens (tertiary/aromatic N) is 4. The Hall–Kier alpha value is -2.67. The lowest BCUT2D eigenvalue weighted by Gasteiger charge is -2.25. The normalized spacial score (nSPS) is 21.3. The molecule has 29 heavy (non-hydrogen) atoms. The summed E-state index contributed by atoms with van der Waals surface area (Å²) in [7, 11) is 0. The van der Waals surface area contributed by atoms with Crippen LogP contribution in [0.1, 0.15) is 30.4 Å². The molecule has 1 fully saturated rings. The zero-order valence-electron chi connectivity index (χ0n) is 16.1. The number of anilines is 3. The van der Waals surface area contributed by atoms with Crippen molar-refractivity contribution >= 4 is 50.4 Å². The van der Waals surface area contributed by atoms with Crippen LogP contribution >= 0.6 is 15.9 Å². The molecule has 6 nitrogen and oxygen atoms in total. The second-order valence-electron chi connectivity index (χ2n) is 7.90. The molecule has 2 atom stereocenters. The Labute approximate surface area is 178 Å². The maximum atomic E-state index is 6.02. The predicted octanol–water partition coefficient (Wildman–Crippen LogP) is 4.20. The number of fused-ring (bicyclic) bond motifs is 2. The molecule has 1 aliphatic carbocycles. The number of halogens is 1. The van der Waals surface area contributed by atoms with Crippen molar-refractivity contribution in [2.75, 3.05) is 22.9 Å². The van der Waals surface area contributed by atoms with Gasteiger partial charge in [-0.3, -0.25) is 0 Å². The van der Waals surface area contributed by atoms with Gasteiger partial charge in [0.2, 0.25) is 0 Å². The van der Waals surface area contributed by atoms with E-state index < -0.39 is 0 Å². The fraction of sp³-hybridized carbons (Fsp3) is 0.318. The number of hydrogen-bond acceptors (Lipinski definition) is 6. The summed E-state index contributed by atoms with van der Waals surface area (Å²) < 4.78 is 0.834. The van der Waals surface area contributed by atoms with Crippen LogP contribution < -0.4 is 16.4 Å². The van der Waals surface area contributed by atoms with Crippen LogP contribution in [0.5, 0.6) is 0 Å². The summed E-state index contributed by atoms with van der Waals surface area (Å²) in [5.74, 6) is 2.76. The Kier molecular flexibility index (Phi) is 4.62. The number of nitrogen functional groups attached to an aromatic ring is 2. The SMILES string of the molecule is Nc1nc2cc(/C=C/C3CCC(N4CCc5c(N)ncnc54)C3)ccc2cc1Br. The summed E-state index contributed by atoms with van der Waals surface area (Å²) in [4.78, 5) is 15.5. The summed E-state index contributed by atoms with van der Waals surface area (Å²) in [6.07, 6.45) is 10.6. The standard InChI is InChI=1S/C22H23BrN6/c23-18-11-15-5-3-14(10-19(15)28-21(18)25)2-1-13-4-6-16(9-13)29-8-7-17-20(24)26-12-27-22(17)29/h1-3,5,10-13,16H,4,6-9H2,(H2,25,28)(H2,24,26,27)/b2-1+. The van der Waals surface area contributed by atoms with Crippen LogP contribution in [0.4, 0.5) is 17.5 Å². The average molecular weight is 451 g/mol. The number of rotatable bonds is 3. The summed E-state index contributed by atoms with van der Waals surface area (Å²) in [5.41, 5.74) is 15.1. The Morgan fingerprint density at radius 3 is 2.90 bits per heavy atom. The number of hydrogen-bond donors (Lipinski definition) is 2. The zero-order valence-corrected chi connectivity index (χ0v) is 17.6. The van der Waals surface area contributed by atoms with Gasteiger partial charge in [0, 0.05) is 23.5 Å². The third-order valence-corrected chi connectivity index (χ3v) is 6.74. The minimum Gasteiger partial charge on any atom is -0.383 e. The minimum atomic E-state index is 0.521. The summed E-state index contributed by atoms with van der Waals surface area (Å²) in [6.45, 7) is 0.993. The van der Waals surface area contributed by atoms with Crippen molar-refractivity contribution in [1.82, 2.24) is 15.0 Å². The van der Waals surface area contributed by atoms with E-state index in [9.17, 15) is 0 Å². The monoisotopic (exact) mass is 450 g/mol. The van der Waals surface area contributed by atoms with E-state index in [1.165, 1.54) is 12.8 Å². The van der Waals surface area contributed by atoms with Crippen LogP contribution in [-0.4, -0.2) is 27.5 Å². The van der Waals surface area contributed by atoms with E-state index >= 15 is 0 Å². The molecule has 2 aromatic heterocycles. The van der Waals surface area contributed by atoms with Gasteiger partial charge >= 0.3 is 0 Å². The zero-order chi connectivity index (χ0) is 20.0. The second-order valence-corrected chi connectivity index (χ2v) is 8.75. The molecule has 4 N–H and O–H groups in total. The van der Waals surface area contributed by atoms with Gasteiger partial charge in [0.1, 0.15) is 23.8 Å². The largest absolute Gasteiger partial charge is 0.383 e. The van der Waals surface area contributed by atoms with Crippen LogP contribution in [0.15, 0.2) is 41.1 Å². The van der Waals surface area contributed by atoms with E-state index in [0.717, 1.165) is 51.7 Å². The molecule has 0 bridgehead atoms. The van der Waals surface area contributed by atoms with Gasteiger partial charge in [-0.15, -0.1) is 0 Å². The highest BCUT2D eigenvalue weighted by molar-refractivity contribution is 9.10. The van der Waals surface area contributed by atoms with Crippen LogP contribution in [0.3, 0.4) is 0 Å². The molecular weight excluding hydrogens is 428 g/mol. The average Bonchev–Trinajstić information content (AvgIpc) is 3.35. The topological polar surface area (TPSA) is 94.0 Å². The molecule has 1 saturated carbocycles. The minimum absolute atomic E-state index is 0.521. The first kappa shape index (κ1) is 18.4. The highest BCUT2D eigenvalue weighted by Gasteiger charge is 2.33. The lowest BCUT2D eigenvalue weighted by Crippen LogP contribution is -2.32. The van der Waals surface area contributed by atoms with Crippen LogP contribution in [0.25, 0.3) is 17.0 Å². The number of nitrogens with two attached hydrogens (primary N) is 2. The van der Waals surface area contributed by atoms with Crippen molar-refractivity contribution in [3.8, 4) is 0 Å². The van der Waals surface area contributed by atoms with Gasteiger partial charge in [-0.2, -0.15) is 0 Å². The van der Waals surface area contributed by atoms with Crippen molar-refractivity contribution < 1.29 is 0 Å². The van der Waals surface area contributed by atoms with Gasteiger partial charge in [0.05, 0.1) is 9.99 Å². The fourth-order valence-corrected chi connectivity index (χ4v) is 4.91. The van der Waals surface area contributed by atoms with E-state index in [-0.39, 0.29) is 0 Å². The molecule has 1 aliphatic heterocycles. The fourth-order valence-electron chi connectivity index (χ4n) is 4.57. The number of benzene rings is 1. The van der Waals surface area contributed by atoms with E-state index in [1.54, 1.807) is 6.33 Å². The van der Waals surface area contributed by atoms with Crippen molar-refractivity contribution in [1.29, 1.82) is 0 Å². The molecule has 0 radical (unpaired) electrons. The third kappa shape index (κ3) is 3.44. The lowest BCUT2D eigenvalue weighted by molar-refractivity contribution is 0.599.